The van der Waals surface area contributed by atoms with E-state index in [-0.39, 0.29) is 17.7 Å². The molecule has 0 aromatic rings. The van der Waals surface area contributed by atoms with Crippen LogP contribution in [0.1, 0.15) is 27.2 Å². The number of nitrogens with one attached hydrogen (secondary N) is 2. The predicted octanol–water partition coefficient (Wildman–Crippen LogP) is 0.106. The molecule has 0 spiro atoms. The molecular weight excluding hydrogens is 268 g/mol. The number of nitrogens with zero attached hydrogens (tertiary/aromatic N) is 2. The maximum atomic E-state index is 12.7. The monoisotopic (exact) mass is 298 g/mol. The fourth-order valence-electron chi connectivity index (χ4n) is 2.73. The van der Waals surface area contributed by atoms with E-state index in [0.29, 0.717) is 13.1 Å². The number of amides is 2. The minimum Gasteiger partial charge on any atom is -0.343 e. The van der Waals surface area contributed by atoms with Gasteiger partial charge in [-0.1, -0.05) is 20.8 Å². The fraction of sp³-hybridized carbons (Fsp3) is 0.867. The van der Waals surface area contributed by atoms with Crippen molar-refractivity contribution in [3.05, 3.63) is 0 Å². The summed E-state index contributed by atoms with van der Waals surface area (Å²) in [5, 5.41) is 5.68. The van der Waals surface area contributed by atoms with Crippen molar-refractivity contribution in [1.29, 1.82) is 0 Å². The summed E-state index contributed by atoms with van der Waals surface area (Å²) in [5.41, 5.74) is -0.508. The van der Waals surface area contributed by atoms with Crippen LogP contribution in [0.2, 0.25) is 0 Å². The summed E-state index contributed by atoms with van der Waals surface area (Å²) in [6.45, 7) is 9.60. The third kappa shape index (κ3) is 5.28. The van der Waals surface area contributed by atoms with E-state index in [1.165, 1.54) is 0 Å². The summed E-state index contributed by atoms with van der Waals surface area (Å²) in [6, 6.07) is 0. The van der Waals surface area contributed by atoms with Crippen molar-refractivity contribution < 1.29 is 9.59 Å². The van der Waals surface area contributed by atoms with Gasteiger partial charge in [-0.15, -0.1) is 0 Å². The van der Waals surface area contributed by atoms with Gasteiger partial charge >= 0.3 is 0 Å². The summed E-state index contributed by atoms with van der Waals surface area (Å²) in [5.74, 6) is -0.0303. The van der Waals surface area contributed by atoms with Crippen LogP contribution in [0.15, 0.2) is 0 Å². The third-order valence-electron chi connectivity index (χ3n) is 4.07. The molecule has 0 bridgehead atoms. The fourth-order valence-corrected chi connectivity index (χ4v) is 2.73. The van der Waals surface area contributed by atoms with Crippen LogP contribution in [0.3, 0.4) is 0 Å². The Hall–Kier alpha value is -1.14. The van der Waals surface area contributed by atoms with Crippen molar-refractivity contribution in [3.8, 4) is 0 Å². The molecule has 122 valence electrons. The molecule has 1 atom stereocenters. The van der Waals surface area contributed by atoms with Gasteiger partial charge in [0.05, 0.1) is 6.67 Å². The lowest BCUT2D eigenvalue weighted by atomic mass is 9.81. The maximum Gasteiger partial charge on any atom is 0.228 e. The van der Waals surface area contributed by atoms with E-state index in [4.69, 9.17) is 0 Å². The van der Waals surface area contributed by atoms with Crippen LogP contribution < -0.4 is 10.6 Å². The maximum absolute atomic E-state index is 12.7. The predicted molar refractivity (Wildman–Crippen MR) is 83.7 cm³/mol. The Labute approximate surface area is 128 Å². The summed E-state index contributed by atoms with van der Waals surface area (Å²) < 4.78 is 0. The van der Waals surface area contributed by atoms with Crippen LogP contribution in [0.25, 0.3) is 0 Å². The molecular formula is C15H30N4O2. The van der Waals surface area contributed by atoms with Crippen LogP contribution in [0, 0.1) is 11.3 Å². The zero-order valence-electron chi connectivity index (χ0n) is 14.0. The van der Waals surface area contributed by atoms with Crippen LogP contribution in [-0.2, 0) is 9.59 Å². The van der Waals surface area contributed by atoms with Gasteiger partial charge in [0.25, 0.3) is 0 Å². The Morgan fingerprint density at radius 3 is 2.29 bits per heavy atom. The highest BCUT2D eigenvalue weighted by Gasteiger charge is 2.35. The number of rotatable bonds is 6. The molecule has 0 aromatic heterocycles. The molecule has 6 nitrogen and oxygen atoms in total. The topological polar surface area (TPSA) is 64.7 Å². The van der Waals surface area contributed by atoms with Gasteiger partial charge in [0.1, 0.15) is 0 Å². The Balaban J connectivity index is 2.54. The van der Waals surface area contributed by atoms with E-state index in [1.54, 1.807) is 7.05 Å². The number of hydrogen-bond acceptors (Lipinski definition) is 4. The molecule has 1 aliphatic heterocycles. The number of hydrogen-bond donors (Lipinski definition) is 2. The van der Waals surface area contributed by atoms with E-state index in [0.717, 1.165) is 26.2 Å². The zero-order chi connectivity index (χ0) is 16.0. The van der Waals surface area contributed by atoms with E-state index in [9.17, 15) is 9.59 Å². The first-order chi connectivity index (χ1) is 9.77. The van der Waals surface area contributed by atoms with Crippen molar-refractivity contribution in [2.24, 2.45) is 11.3 Å². The highest BCUT2D eigenvalue weighted by Crippen LogP contribution is 2.28. The molecule has 1 rings (SSSR count). The van der Waals surface area contributed by atoms with Crippen LogP contribution in [-0.4, -0.2) is 68.6 Å². The van der Waals surface area contributed by atoms with E-state index >= 15 is 0 Å². The first-order valence-electron chi connectivity index (χ1n) is 7.68. The van der Waals surface area contributed by atoms with Gasteiger partial charge in [-0.3, -0.25) is 9.59 Å². The normalized spacial score (nSPS) is 18.4. The van der Waals surface area contributed by atoms with Crippen LogP contribution in [0.5, 0.6) is 0 Å². The van der Waals surface area contributed by atoms with Gasteiger partial charge < -0.3 is 20.4 Å². The summed E-state index contributed by atoms with van der Waals surface area (Å²) in [6.07, 6.45) is 0.563. The zero-order valence-corrected chi connectivity index (χ0v) is 14.0. The van der Waals surface area contributed by atoms with E-state index in [1.807, 2.05) is 25.7 Å². The highest BCUT2D eigenvalue weighted by molar-refractivity contribution is 5.84. The van der Waals surface area contributed by atoms with E-state index < -0.39 is 5.41 Å². The van der Waals surface area contributed by atoms with E-state index in [2.05, 4.69) is 22.6 Å². The smallest absolute Gasteiger partial charge is 0.228 e. The lowest BCUT2D eigenvalue weighted by Crippen LogP contribution is -2.51. The minimum absolute atomic E-state index is 0.0106. The molecule has 6 heteroatoms. The van der Waals surface area contributed by atoms with Crippen molar-refractivity contribution in [3.63, 3.8) is 0 Å². The molecule has 21 heavy (non-hydrogen) atoms. The van der Waals surface area contributed by atoms with Gasteiger partial charge in [0, 0.05) is 37.5 Å². The molecule has 2 N–H and O–H groups in total. The Kier molecular flexibility index (Phi) is 6.61. The number of carbonyl (C=O) groups is 2. The third-order valence-corrected chi connectivity index (χ3v) is 4.07. The highest BCUT2D eigenvalue weighted by atomic mass is 16.2. The minimum atomic E-state index is -0.508. The van der Waals surface area contributed by atoms with Crippen LogP contribution in [0.4, 0.5) is 0 Å². The van der Waals surface area contributed by atoms with Crippen molar-refractivity contribution in [1.82, 2.24) is 20.4 Å². The number of likely N-dealkylation sites (N-methyl/N-ethyl adjacent to an activating group) is 1. The quantitative estimate of drug-likeness (QED) is 0.683. The average molecular weight is 298 g/mol. The molecule has 1 aliphatic rings. The largest absolute Gasteiger partial charge is 0.343 e. The molecule has 0 aromatic carbocycles. The van der Waals surface area contributed by atoms with Gasteiger partial charge in [0.2, 0.25) is 11.8 Å². The average Bonchev–Trinajstić information content (AvgIpc) is 2.44. The lowest BCUT2D eigenvalue weighted by Gasteiger charge is -2.38. The number of piperazine rings is 1. The van der Waals surface area contributed by atoms with Gasteiger partial charge in [0.15, 0.2) is 0 Å². The molecule has 0 radical (unpaired) electrons. The van der Waals surface area contributed by atoms with Gasteiger partial charge in [-0.2, -0.15) is 0 Å². The van der Waals surface area contributed by atoms with Crippen molar-refractivity contribution >= 4 is 11.8 Å². The Morgan fingerprint density at radius 1 is 1.19 bits per heavy atom. The Morgan fingerprint density at radius 2 is 1.76 bits per heavy atom. The molecule has 0 saturated carbocycles. The molecule has 0 aliphatic carbocycles. The molecule has 1 unspecified atom stereocenters. The first kappa shape index (κ1) is 17.9. The lowest BCUT2D eigenvalue weighted by molar-refractivity contribution is -0.143. The molecule has 1 saturated heterocycles. The molecule has 2 amide bonds. The Bertz CT molecular complexity index is 363. The number of carbonyl (C=O) groups excluding carboxylic acids is 2. The summed E-state index contributed by atoms with van der Waals surface area (Å²) in [7, 11) is 3.85. The molecule has 1 heterocycles. The first-order valence-corrected chi connectivity index (χ1v) is 7.68. The van der Waals surface area contributed by atoms with Gasteiger partial charge in [-0.25, -0.2) is 0 Å². The second-order valence-electron chi connectivity index (χ2n) is 6.66. The van der Waals surface area contributed by atoms with Crippen LogP contribution >= 0.6 is 0 Å². The standard InChI is InChI=1S/C15H30N4O2/c1-12(13(20)17-11-16-4)10-15(2,3)14(21)19-8-6-18(5)7-9-19/h12,16H,6-11H2,1-5H3,(H,17,20). The van der Waals surface area contributed by atoms with Gasteiger partial charge in [-0.05, 0) is 20.5 Å². The SMILES string of the molecule is CNCNC(=O)C(C)CC(C)(C)C(=O)N1CCN(C)CC1. The van der Waals surface area contributed by atoms with Crippen molar-refractivity contribution in [2.75, 3.05) is 46.9 Å². The summed E-state index contributed by atoms with van der Waals surface area (Å²) >= 11 is 0. The second kappa shape index (κ2) is 7.75. The molecule has 1 fully saturated rings. The van der Waals surface area contributed by atoms with Crippen molar-refractivity contribution in [2.45, 2.75) is 27.2 Å². The summed E-state index contributed by atoms with van der Waals surface area (Å²) in [4.78, 5) is 28.8. The second-order valence-corrected chi connectivity index (χ2v) is 6.66.